The molecule has 1 aliphatic carbocycles. The topological polar surface area (TPSA) is 3.24 Å². The molecule has 0 aromatic rings. The molecule has 0 radical (unpaired) electrons. The number of fused-ring (bicyclic) bond motifs is 1. The van der Waals surface area contributed by atoms with Crippen LogP contribution in [0, 0.1) is 5.92 Å². The number of rotatable bonds is 0. The molecule has 1 nitrogen and oxygen atoms in total. The Morgan fingerprint density at radius 1 is 0.929 bits per heavy atom. The number of alkyl halides is 3. The van der Waals surface area contributed by atoms with Gasteiger partial charge in [0.25, 0.3) is 0 Å². The van der Waals surface area contributed by atoms with Crippen molar-refractivity contribution in [3.63, 3.8) is 0 Å². The van der Waals surface area contributed by atoms with Gasteiger partial charge in [0.1, 0.15) is 0 Å². The van der Waals surface area contributed by atoms with E-state index in [4.69, 9.17) is 0 Å². The average molecular weight is 207 g/mol. The zero-order chi connectivity index (χ0) is 10.2. The van der Waals surface area contributed by atoms with E-state index in [1.165, 1.54) is 0 Å². The molecule has 2 aliphatic rings. The summed E-state index contributed by atoms with van der Waals surface area (Å²) < 4.78 is 37.9. The van der Waals surface area contributed by atoms with E-state index in [1.807, 2.05) is 0 Å². The summed E-state index contributed by atoms with van der Waals surface area (Å²) in [6.45, 7) is 0.213. The van der Waals surface area contributed by atoms with Gasteiger partial charge >= 0.3 is 6.30 Å². The summed E-state index contributed by atoms with van der Waals surface area (Å²) in [5.74, 6) is 0.305. The van der Waals surface area contributed by atoms with Crippen LogP contribution in [0.1, 0.15) is 38.5 Å². The molecule has 0 bridgehead atoms. The maximum absolute atomic E-state index is 12.6. The van der Waals surface area contributed by atoms with Crippen LogP contribution in [0.3, 0.4) is 0 Å². The van der Waals surface area contributed by atoms with Crippen molar-refractivity contribution in [2.75, 3.05) is 6.54 Å². The van der Waals surface area contributed by atoms with Gasteiger partial charge in [-0.2, -0.15) is 13.2 Å². The molecule has 14 heavy (non-hydrogen) atoms. The highest BCUT2D eigenvalue weighted by atomic mass is 19.4. The molecule has 82 valence electrons. The fourth-order valence-corrected chi connectivity index (χ4v) is 2.94. The Kier molecular flexibility index (Phi) is 2.73. The van der Waals surface area contributed by atoms with Gasteiger partial charge < -0.3 is 0 Å². The molecule has 2 rings (SSSR count). The summed E-state index contributed by atoms with van der Waals surface area (Å²) >= 11 is 0. The predicted octanol–water partition coefficient (Wildman–Crippen LogP) is 3.16. The van der Waals surface area contributed by atoms with Crippen LogP contribution in [-0.4, -0.2) is 23.8 Å². The lowest BCUT2D eigenvalue weighted by Gasteiger charge is -2.44. The van der Waals surface area contributed by atoms with E-state index in [0.29, 0.717) is 12.3 Å². The zero-order valence-electron chi connectivity index (χ0n) is 8.19. The largest absolute Gasteiger partial charge is 0.460 e. The number of piperidine rings is 1. The fourth-order valence-electron chi connectivity index (χ4n) is 2.94. The third-order valence-electron chi connectivity index (χ3n) is 3.57. The van der Waals surface area contributed by atoms with Crippen molar-refractivity contribution in [1.82, 2.24) is 4.90 Å². The molecule has 4 heteroatoms. The SMILES string of the molecule is FC(F)(F)N1CCCC2CCCCC21. The van der Waals surface area contributed by atoms with Gasteiger partial charge in [-0.05, 0) is 31.6 Å². The maximum Gasteiger partial charge on any atom is 0.460 e. The second kappa shape index (κ2) is 3.72. The molecule has 0 amide bonds. The van der Waals surface area contributed by atoms with E-state index in [0.717, 1.165) is 37.0 Å². The van der Waals surface area contributed by atoms with Crippen molar-refractivity contribution >= 4 is 0 Å². The van der Waals surface area contributed by atoms with Gasteiger partial charge in [-0.1, -0.05) is 12.8 Å². The molecule has 1 saturated heterocycles. The molecular formula is C10H16F3N. The lowest BCUT2D eigenvalue weighted by molar-refractivity contribution is -0.272. The lowest BCUT2D eigenvalue weighted by Crippen LogP contribution is -2.53. The minimum absolute atomic E-state index is 0.211. The summed E-state index contributed by atoms with van der Waals surface area (Å²) in [5, 5.41) is 0. The highest BCUT2D eigenvalue weighted by Gasteiger charge is 2.46. The molecule has 0 N–H and O–H groups in total. The summed E-state index contributed by atoms with van der Waals surface area (Å²) in [7, 11) is 0. The van der Waals surface area contributed by atoms with Crippen LogP contribution in [0.2, 0.25) is 0 Å². The van der Waals surface area contributed by atoms with Crippen molar-refractivity contribution in [1.29, 1.82) is 0 Å². The smallest absolute Gasteiger partial charge is 0.211 e. The Balaban J connectivity index is 2.09. The van der Waals surface area contributed by atoms with Gasteiger partial charge in [-0.15, -0.1) is 0 Å². The molecule has 1 heterocycles. The molecule has 2 unspecified atom stereocenters. The van der Waals surface area contributed by atoms with Crippen LogP contribution in [0.5, 0.6) is 0 Å². The summed E-state index contributed by atoms with van der Waals surface area (Å²) in [5.41, 5.74) is 0. The molecule has 1 aliphatic heterocycles. The van der Waals surface area contributed by atoms with Crippen LogP contribution in [-0.2, 0) is 0 Å². The van der Waals surface area contributed by atoms with Crippen LogP contribution in [0.15, 0.2) is 0 Å². The molecule has 0 aromatic heterocycles. The monoisotopic (exact) mass is 207 g/mol. The van der Waals surface area contributed by atoms with E-state index in [-0.39, 0.29) is 12.6 Å². The van der Waals surface area contributed by atoms with Crippen LogP contribution in [0.25, 0.3) is 0 Å². The fraction of sp³-hybridized carbons (Fsp3) is 1.00. The van der Waals surface area contributed by atoms with Crippen molar-refractivity contribution in [3.8, 4) is 0 Å². The van der Waals surface area contributed by atoms with Crippen LogP contribution in [0.4, 0.5) is 13.2 Å². The maximum atomic E-state index is 12.6. The predicted molar refractivity (Wildman–Crippen MR) is 47.7 cm³/mol. The highest BCUT2D eigenvalue weighted by Crippen LogP contribution is 2.39. The van der Waals surface area contributed by atoms with Gasteiger partial charge in [0, 0.05) is 12.6 Å². The molecule has 2 fully saturated rings. The second-order valence-corrected chi connectivity index (χ2v) is 4.42. The number of hydrogen-bond acceptors (Lipinski definition) is 1. The first-order valence-corrected chi connectivity index (χ1v) is 5.42. The molecular weight excluding hydrogens is 191 g/mol. The van der Waals surface area contributed by atoms with Crippen molar-refractivity contribution < 1.29 is 13.2 Å². The normalized spacial score (nSPS) is 35.4. The first kappa shape index (κ1) is 10.3. The molecule has 1 saturated carbocycles. The average Bonchev–Trinajstić information content (AvgIpc) is 2.15. The van der Waals surface area contributed by atoms with E-state index in [9.17, 15) is 13.2 Å². The van der Waals surface area contributed by atoms with Crippen molar-refractivity contribution in [2.45, 2.75) is 50.9 Å². The minimum atomic E-state index is -4.11. The van der Waals surface area contributed by atoms with Gasteiger partial charge in [0.05, 0.1) is 0 Å². The van der Waals surface area contributed by atoms with Gasteiger partial charge in [0.15, 0.2) is 0 Å². The van der Waals surface area contributed by atoms with Gasteiger partial charge in [-0.3, -0.25) is 0 Å². The van der Waals surface area contributed by atoms with Crippen LogP contribution < -0.4 is 0 Å². The third kappa shape index (κ3) is 1.90. The van der Waals surface area contributed by atoms with Crippen molar-refractivity contribution in [2.24, 2.45) is 5.92 Å². The van der Waals surface area contributed by atoms with E-state index < -0.39 is 6.30 Å². The third-order valence-corrected chi connectivity index (χ3v) is 3.57. The molecule has 0 spiro atoms. The molecule has 2 atom stereocenters. The second-order valence-electron chi connectivity index (χ2n) is 4.42. The number of likely N-dealkylation sites (tertiary alicyclic amines) is 1. The lowest BCUT2D eigenvalue weighted by atomic mass is 9.78. The van der Waals surface area contributed by atoms with Crippen molar-refractivity contribution in [3.05, 3.63) is 0 Å². The summed E-state index contributed by atoms with van der Waals surface area (Å²) in [4.78, 5) is 0.778. The van der Waals surface area contributed by atoms with E-state index in [1.54, 1.807) is 0 Å². The number of halogens is 3. The Labute approximate surface area is 82.3 Å². The quantitative estimate of drug-likeness (QED) is 0.551. The van der Waals surface area contributed by atoms with Gasteiger partial charge in [-0.25, -0.2) is 4.90 Å². The Morgan fingerprint density at radius 2 is 1.57 bits per heavy atom. The number of nitrogens with zero attached hydrogens (tertiary/aromatic N) is 1. The summed E-state index contributed by atoms with van der Waals surface area (Å²) in [6.07, 6.45) is 1.42. The van der Waals surface area contributed by atoms with Gasteiger partial charge in [0.2, 0.25) is 0 Å². The summed E-state index contributed by atoms with van der Waals surface area (Å²) in [6, 6.07) is -0.211. The van der Waals surface area contributed by atoms with Crippen LogP contribution >= 0.6 is 0 Å². The Bertz CT molecular complexity index is 200. The number of hydrogen-bond donors (Lipinski definition) is 0. The minimum Gasteiger partial charge on any atom is -0.211 e. The first-order chi connectivity index (χ1) is 6.59. The van der Waals surface area contributed by atoms with E-state index >= 15 is 0 Å². The standard InChI is InChI=1S/C10H16F3N/c11-10(12,13)14-7-3-5-8-4-1-2-6-9(8)14/h8-9H,1-7H2. The Morgan fingerprint density at radius 3 is 2.29 bits per heavy atom. The Hall–Kier alpha value is -0.250. The first-order valence-electron chi connectivity index (χ1n) is 5.42. The van der Waals surface area contributed by atoms with E-state index in [2.05, 4.69) is 0 Å². The highest BCUT2D eigenvalue weighted by molar-refractivity contribution is 4.88. The zero-order valence-corrected chi connectivity index (χ0v) is 8.19. The molecule has 0 aromatic carbocycles.